The van der Waals surface area contributed by atoms with E-state index >= 15 is 0 Å². The lowest BCUT2D eigenvalue weighted by atomic mass is 10.0. The lowest BCUT2D eigenvalue weighted by Gasteiger charge is -2.27. The third-order valence-electron chi connectivity index (χ3n) is 4.73. The summed E-state index contributed by atoms with van der Waals surface area (Å²) in [4.78, 5) is 69.2. The number of imide groups is 2. The molecule has 2 aliphatic rings. The van der Waals surface area contributed by atoms with Crippen LogP contribution in [0.25, 0.3) is 0 Å². The Hall–Kier alpha value is -4.01. The number of benzene rings is 1. The summed E-state index contributed by atoms with van der Waals surface area (Å²) < 4.78 is 36.9. The van der Waals surface area contributed by atoms with Crippen LogP contribution in [0.4, 0.5) is 18.9 Å². The van der Waals surface area contributed by atoms with Crippen LogP contribution in [0.2, 0.25) is 0 Å². The quantitative estimate of drug-likeness (QED) is 0.290. The number of ether oxygens (including phenoxy) is 1. The Labute approximate surface area is 195 Å². The van der Waals surface area contributed by atoms with Crippen LogP contribution >= 0.6 is 0 Å². The van der Waals surface area contributed by atoms with Crippen LogP contribution in [0.3, 0.4) is 0 Å². The van der Waals surface area contributed by atoms with Gasteiger partial charge in [0.05, 0.1) is 30.8 Å². The van der Waals surface area contributed by atoms with Gasteiger partial charge in [-0.05, 0) is 18.6 Å². The highest BCUT2D eigenvalue weighted by Gasteiger charge is 2.45. The van der Waals surface area contributed by atoms with Gasteiger partial charge in [-0.2, -0.15) is 13.2 Å². The van der Waals surface area contributed by atoms with E-state index in [9.17, 15) is 37.1 Å². The molecule has 4 amide bonds. The van der Waals surface area contributed by atoms with E-state index in [-0.39, 0.29) is 43.6 Å². The molecule has 0 aromatic heterocycles. The van der Waals surface area contributed by atoms with E-state index in [1.807, 2.05) is 0 Å². The molecule has 15 heteroatoms. The lowest BCUT2D eigenvalue weighted by molar-refractivity contribution is -0.192. The highest BCUT2D eigenvalue weighted by Crippen LogP contribution is 2.32. The van der Waals surface area contributed by atoms with Gasteiger partial charge in [0, 0.05) is 18.7 Å². The summed E-state index contributed by atoms with van der Waals surface area (Å²) >= 11 is 0. The van der Waals surface area contributed by atoms with Gasteiger partial charge in [0.15, 0.2) is 0 Å². The van der Waals surface area contributed by atoms with Gasteiger partial charge >= 0.3 is 18.1 Å². The molecule has 2 heterocycles. The molecule has 0 bridgehead atoms. The number of carbonyl (C=O) groups is 6. The Kier molecular flexibility index (Phi) is 8.88. The number of piperidine rings is 1. The number of hydrogen-bond acceptors (Lipinski definition) is 8. The SMILES string of the molecule is O=C(O)C(F)(F)F.O=C(O)CCOCCNc1cccc2c1C(=O)N(C1CCC(=O)NC1=O)C2=O. The summed E-state index contributed by atoms with van der Waals surface area (Å²) in [6.07, 6.45) is -5.03. The molecule has 1 fully saturated rings. The number of carboxylic acid groups (broad SMARTS) is 2. The van der Waals surface area contributed by atoms with Crippen molar-refractivity contribution < 1.29 is 56.9 Å². The summed E-state index contributed by atoms with van der Waals surface area (Å²) in [5, 5.41) is 20.8. The van der Waals surface area contributed by atoms with Crippen LogP contribution < -0.4 is 10.6 Å². The topological polar surface area (TPSA) is 179 Å². The first-order valence-electron chi connectivity index (χ1n) is 10.0. The molecule has 1 atom stereocenters. The summed E-state index contributed by atoms with van der Waals surface area (Å²) in [7, 11) is 0. The number of hydrogen-bond donors (Lipinski definition) is 4. The van der Waals surface area contributed by atoms with Crippen LogP contribution in [-0.4, -0.2) is 82.7 Å². The number of anilines is 1. The molecule has 1 aromatic carbocycles. The van der Waals surface area contributed by atoms with Gasteiger partial charge in [-0.15, -0.1) is 0 Å². The fourth-order valence-corrected chi connectivity index (χ4v) is 3.18. The molecular weight excluding hydrogens is 483 g/mol. The van der Waals surface area contributed by atoms with Gasteiger partial charge in [-0.25, -0.2) is 4.79 Å². The van der Waals surface area contributed by atoms with Gasteiger partial charge < -0.3 is 20.3 Å². The first-order valence-corrected chi connectivity index (χ1v) is 10.0. The predicted molar refractivity (Wildman–Crippen MR) is 108 cm³/mol. The zero-order valence-electron chi connectivity index (χ0n) is 17.9. The summed E-state index contributed by atoms with van der Waals surface area (Å²) in [6, 6.07) is 3.74. The van der Waals surface area contributed by atoms with E-state index in [1.165, 1.54) is 6.07 Å². The predicted octanol–water partition coefficient (Wildman–Crippen LogP) is 0.624. The molecule has 3 rings (SSSR count). The first-order chi connectivity index (χ1) is 16.3. The molecular formula is C20H20F3N3O9. The second-order valence-electron chi connectivity index (χ2n) is 7.16. The van der Waals surface area contributed by atoms with Crippen LogP contribution in [0.15, 0.2) is 18.2 Å². The van der Waals surface area contributed by atoms with Crippen LogP contribution in [0, 0.1) is 0 Å². The molecule has 1 saturated heterocycles. The highest BCUT2D eigenvalue weighted by atomic mass is 19.4. The van der Waals surface area contributed by atoms with Crippen LogP contribution in [-0.2, 0) is 23.9 Å². The van der Waals surface area contributed by atoms with Crippen molar-refractivity contribution in [1.29, 1.82) is 0 Å². The molecule has 0 aliphatic carbocycles. The van der Waals surface area contributed by atoms with Gasteiger partial charge in [0.2, 0.25) is 11.8 Å². The van der Waals surface area contributed by atoms with Crippen LogP contribution in [0.1, 0.15) is 40.0 Å². The number of aliphatic carboxylic acids is 2. The monoisotopic (exact) mass is 503 g/mol. The van der Waals surface area contributed by atoms with Crippen molar-refractivity contribution in [2.24, 2.45) is 0 Å². The fraction of sp³-hybridized carbons (Fsp3) is 0.400. The molecule has 35 heavy (non-hydrogen) atoms. The van der Waals surface area contributed by atoms with E-state index in [2.05, 4.69) is 10.6 Å². The van der Waals surface area contributed by atoms with Crippen molar-refractivity contribution >= 4 is 41.3 Å². The number of carboxylic acids is 2. The molecule has 1 unspecified atom stereocenters. The fourth-order valence-electron chi connectivity index (χ4n) is 3.18. The third-order valence-corrected chi connectivity index (χ3v) is 4.73. The molecule has 0 saturated carbocycles. The van der Waals surface area contributed by atoms with E-state index in [1.54, 1.807) is 12.1 Å². The Morgan fingerprint density at radius 1 is 1.11 bits per heavy atom. The molecule has 2 aliphatic heterocycles. The average molecular weight is 503 g/mol. The van der Waals surface area contributed by atoms with Gasteiger partial charge in [-0.1, -0.05) is 6.07 Å². The Morgan fingerprint density at radius 3 is 2.34 bits per heavy atom. The molecule has 1 aromatic rings. The number of nitrogens with zero attached hydrogens (tertiary/aromatic N) is 1. The number of rotatable bonds is 8. The molecule has 4 N–H and O–H groups in total. The van der Waals surface area contributed by atoms with Crippen LogP contribution in [0.5, 0.6) is 0 Å². The molecule has 0 spiro atoms. The number of amides is 4. The number of carbonyl (C=O) groups excluding carboxylic acids is 4. The summed E-state index contributed by atoms with van der Waals surface area (Å²) in [6.45, 7) is 0.594. The van der Waals surface area contributed by atoms with E-state index in [0.717, 1.165) is 4.90 Å². The minimum Gasteiger partial charge on any atom is -0.481 e. The third kappa shape index (κ3) is 6.99. The maximum Gasteiger partial charge on any atom is 0.490 e. The number of fused-ring (bicyclic) bond motifs is 1. The van der Waals surface area contributed by atoms with E-state index in [4.69, 9.17) is 19.7 Å². The van der Waals surface area contributed by atoms with Crippen molar-refractivity contribution in [3.63, 3.8) is 0 Å². The van der Waals surface area contributed by atoms with Crippen molar-refractivity contribution in [2.75, 3.05) is 25.1 Å². The largest absolute Gasteiger partial charge is 0.490 e. The van der Waals surface area contributed by atoms with Gasteiger partial charge in [0.25, 0.3) is 11.8 Å². The molecule has 190 valence electrons. The highest BCUT2D eigenvalue weighted by molar-refractivity contribution is 6.25. The standard InChI is InChI=1S/C18H19N3O7.C2HF3O2/c22-13-5-4-12(16(25)20-13)21-17(26)10-2-1-3-11(15(10)18(21)27)19-7-9-28-8-6-14(23)24;3-2(4,5)1(6)7/h1-3,12,19H,4-9H2,(H,23,24)(H,20,22,25);(H,6,7). The summed E-state index contributed by atoms with van der Waals surface area (Å²) in [5.41, 5.74) is 0.779. The first kappa shape index (κ1) is 27.2. The second kappa shape index (κ2) is 11.4. The van der Waals surface area contributed by atoms with Crippen molar-refractivity contribution in [2.45, 2.75) is 31.5 Å². The zero-order valence-corrected chi connectivity index (χ0v) is 17.9. The summed E-state index contributed by atoms with van der Waals surface area (Å²) in [5.74, 6) is -5.96. The van der Waals surface area contributed by atoms with Gasteiger partial charge in [0.1, 0.15) is 6.04 Å². The maximum absolute atomic E-state index is 12.9. The average Bonchev–Trinajstić information content (AvgIpc) is 3.01. The second-order valence-corrected chi connectivity index (χ2v) is 7.16. The molecule has 0 radical (unpaired) electrons. The number of alkyl halides is 3. The minimum absolute atomic E-state index is 0.0581. The number of halogens is 3. The Balaban J connectivity index is 0.000000540. The van der Waals surface area contributed by atoms with Crippen molar-refractivity contribution in [3.8, 4) is 0 Å². The van der Waals surface area contributed by atoms with Crippen molar-refractivity contribution in [1.82, 2.24) is 10.2 Å². The lowest BCUT2D eigenvalue weighted by Crippen LogP contribution is -2.54. The smallest absolute Gasteiger partial charge is 0.481 e. The minimum atomic E-state index is -5.08. The Morgan fingerprint density at radius 2 is 1.77 bits per heavy atom. The maximum atomic E-state index is 12.9. The van der Waals surface area contributed by atoms with E-state index < -0.39 is 47.8 Å². The van der Waals surface area contributed by atoms with E-state index in [0.29, 0.717) is 12.2 Å². The van der Waals surface area contributed by atoms with Gasteiger partial charge in [-0.3, -0.25) is 34.2 Å². The normalized spacial score (nSPS) is 17.3. The number of nitrogens with one attached hydrogen (secondary N) is 2. The van der Waals surface area contributed by atoms with Crippen molar-refractivity contribution in [3.05, 3.63) is 29.3 Å². The Bertz CT molecular complexity index is 1040. The zero-order chi connectivity index (χ0) is 26.3. The molecule has 12 nitrogen and oxygen atoms in total.